The molecule has 0 bridgehead atoms. The van der Waals surface area contributed by atoms with Crippen LogP contribution in [0.4, 0.5) is 9.59 Å². The number of alkyl carbamates (subject to hydrolysis) is 2. The van der Waals surface area contributed by atoms with Crippen molar-refractivity contribution in [1.29, 1.82) is 0 Å². The lowest BCUT2D eigenvalue weighted by Gasteiger charge is -2.09. The minimum Gasteiger partial charge on any atom is -0.445 e. The summed E-state index contributed by atoms with van der Waals surface area (Å²) in [5.41, 5.74) is 3.66. The van der Waals surface area contributed by atoms with E-state index in [1.54, 1.807) is 0 Å². The van der Waals surface area contributed by atoms with E-state index in [1.165, 1.54) is 0 Å². The summed E-state index contributed by atoms with van der Waals surface area (Å²) in [5, 5.41) is 5.43. The first-order valence-corrected chi connectivity index (χ1v) is 12.5. The highest BCUT2D eigenvalue weighted by atomic mass is 16.6. The largest absolute Gasteiger partial charge is 0.445 e. The number of nitrogens with zero attached hydrogens (tertiary/aromatic N) is 1. The number of ether oxygens (including phenoxy) is 2. The maximum absolute atomic E-state index is 12.4. The Balaban J connectivity index is 1.29. The highest BCUT2D eigenvalue weighted by Gasteiger charge is 2.09. The molecular formula is C28H34N4O5. The lowest BCUT2D eigenvalue weighted by molar-refractivity contribution is 0.138. The number of carbonyl (C=O) groups excluding carboxylic acids is 2. The predicted octanol–water partition coefficient (Wildman–Crippen LogP) is 4.19. The number of unbranched alkanes of at least 4 members (excludes halogenated alkanes) is 1. The monoisotopic (exact) mass is 506 g/mol. The SMILES string of the molecule is Cc1nc(CCCNC(=O)OCc2ccccc2)c(=O)[nH]c1CCCCNC(=O)OCc1ccccc1. The van der Waals surface area contributed by atoms with Gasteiger partial charge in [-0.3, -0.25) is 9.78 Å². The fourth-order valence-electron chi connectivity index (χ4n) is 3.64. The average Bonchev–Trinajstić information content (AvgIpc) is 2.92. The van der Waals surface area contributed by atoms with Crippen LogP contribution in [-0.2, 0) is 35.5 Å². The van der Waals surface area contributed by atoms with E-state index in [9.17, 15) is 14.4 Å². The molecule has 0 spiro atoms. The molecule has 9 heteroatoms. The Labute approximate surface area is 216 Å². The fourth-order valence-corrected chi connectivity index (χ4v) is 3.64. The molecule has 1 heterocycles. The van der Waals surface area contributed by atoms with Crippen LogP contribution in [0.5, 0.6) is 0 Å². The summed E-state index contributed by atoms with van der Waals surface area (Å²) >= 11 is 0. The van der Waals surface area contributed by atoms with Crippen molar-refractivity contribution in [1.82, 2.24) is 20.6 Å². The van der Waals surface area contributed by atoms with Crippen LogP contribution in [0.3, 0.4) is 0 Å². The van der Waals surface area contributed by atoms with Gasteiger partial charge in [-0.1, -0.05) is 60.7 Å². The number of rotatable bonds is 13. The first kappa shape index (κ1) is 27.4. The third-order valence-corrected chi connectivity index (χ3v) is 5.67. The molecule has 3 N–H and O–H groups in total. The number of aryl methyl sites for hydroxylation is 3. The predicted molar refractivity (Wildman–Crippen MR) is 140 cm³/mol. The van der Waals surface area contributed by atoms with Crippen molar-refractivity contribution in [2.24, 2.45) is 0 Å². The Morgan fingerprint density at radius 1 is 0.784 bits per heavy atom. The molecule has 0 saturated carbocycles. The normalized spacial score (nSPS) is 10.5. The highest BCUT2D eigenvalue weighted by molar-refractivity contribution is 5.67. The molecule has 0 radical (unpaired) electrons. The van der Waals surface area contributed by atoms with Crippen molar-refractivity contribution in [3.8, 4) is 0 Å². The van der Waals surface area contributed by atoms with Crippen molar-refractivity contribution >= 4 is 12.2 Å². The van der Waals surface area contributed by atoms with Gasteiger partial charge in [0.25, 0.3) is 5.56 Å². The molecule has 0 fully saturated rings. The Bertz CT molecular complexity index is 1180. The summed E-state index contributed by atoms with van der Waals surface area (Å²) in [4.78, 5) is 43.5. The van der Waals surface area contributed by atoms with E-state index in [2.05, 4.69) is 20.6 Å². The molecule has 3 rings (SSSR count). The van der Waals surface area contributed by atoms with Crippen LogP contribution in [0.25, 0.3) is 0 Å². The van der Waals surface area contributed by atoms with E-state index >= 15 is 0 Å². The Morgan fingerprint density at radius 2 is 1.32 bits per heavy atom. The number of hydrogen-bond donors (Lipinski definition) is 3. The van der Waals surface area contributed by atoms with Crippen molar-refractivity contribution in [3.05, 3.63) is 99.2 Å². The zero-order chi connectivity index (χ0) is 26.3. The van der Waals surface area contributed by atoms with Gasteiger partial charge in [-0.05, 0) is 50.2 Å². The van der Waals surface area contributed by atoms with Gasteiger partial charge in [0.05, 0.1) is 5.69 Å². The topological polar surface area (TPSA) is 122 Å². The molecule has 2 aromatic carbocycles. The van der Waals surface area contributed by atoms with Gasteiger partial charge in [0, 0.05) is 18.8 Å². The maximum atomic E-state index is 12.4. The molecule has 196 valence electrons. The van der Waals surface area contributed by atoms with Crippen LogP contribution < -0.4 is 16.2 Å². The van der Waals surface area contributed by atoms with E-state index in [0.717, 1.165) is 35.4 Å². The van der Waals surface area contributed by atoms with E-state index in [1.807, 2.05) is 67.6 Å². The summed E-state index contributed by atoms with van der Waals surface area (Å²) in [7, 11) is 0. The zero-order valence-electron chi connectivity index (χ0n) is 21.1. The summed E-state index contributed by atoms with van der Waals surface area (Å²) in [5.74, 6) is 0. The number of benzene rings is 2. The average molecular weight is 507 g/mol. The molecular weight excluding hydrogens is 472 g/mol. The number of hydrogen-bond acceptors (Lipinski definition) is 6. The first-order chi connectivity index (χ1) is 18.0. The van der Waals surface area contributed by atoms with Crippen LogP contribution >= 0.6 is 0 Å². The number of H-pyrrole nitrogens is 1. The third kappa shape index (κ3) is 10.2. The second-order valence-corrected chi connectivity index (χ2v) is 8.61. The number of amides is 2. The van der Waals surface area contributed by atoms with Gasteiger partial charge >= 0.3 is 12.2 Å². The van der Waals surface area contributed by atoms with Crippen molar-refractivity contribution < 1.29 is 19.1 Å². The van der Waals surface area contributed by atoms with Gasteiger partial charge < -0.3 is 25.1 Å². The van der Waals surface area contributed by atoms with Gasteiger partial charge in [0.15, 0.2) is 0 Å². The molecule has 0 aliphatic carbocycles. The molecule has 9 nitrogen and oxygen atoms in total. The standard InChI is InChI=1S/C28H34N4O5/c1-21-24(15-8-9-17-29-27(34)36-19-22-11-4-2-5-12-22)32-26(33)25(31-21)16-10-18-30-28(35)37-20-23-13-6-3-7-14-23/h2-7,11-14H,8-10,15-20H2,1H3,(H,29,34)(H,30,35)(H,32,33). The van der Waals surface area contributed by atoms with Crippen molar-refractivity contribution in [3.63, 3.8) is 0 Å². The highest BCUT2D eigenvalue weighted by Crippen LogP contribution is 2.06. The summed E-state index contributed by atoms with van der Waals surface area (Å²) < 4.78 is 10.4. The minimum atomic E-state index is -0.490. The molecule has 0 aliphatic rings. The molecule has 1 aromatic heterocycles. The lowest BCUT2D eigenvalue weighted by atomic mass is 10.1. The molecule has 37 heavy (non-hydrogen) atoms. The molecule has 0 aliphatic heterocycles. The van der Waals surface area contributed by atoms with E-state index < -0.39 is 12.2 Å². The minimum absolute atomic E-state index is 0.211. The van der Waals surface area contributed by atoms with Crippen LogP contribution in [-0.4, -0.2) is 35.2 Å². The Kier molecular flexibility index (Phi) is 11.2. The van der Waals surface area contributed by atoms with Gasteiger partial charge in [0.1, 0.15) is 18.9 Å². The molecule has 0 unspecified atom stereocenters. The van der Waals surface area contributed by atoms with Crippen molar-refractivity contribution in [2.45, 2.75) is 52.2 Å². The van der Waals surface area contributed by atoms with Crippen LogP contribution in [0.2, 0.25) is 0 Å². The van der Waals surface area contributed by atoms with E-state index in [4.69, 9.17) is 9.47 Å². The van der Waals surface area contributed by atoms with Gasteiger partial charge in [-0.15, -0.1) is 0 Å². The smallest absolute Gasteiger partial charge is 0.407 e. The second-order valence-electron chi connectivity index (χ2n) is 8.61. The third-order valence-electron chi connectivity index (χ3n) is 5.67. The lowest BCUT2D eigenvalue weighted by Crippen LogP contribution is -2.26. The van der Waals surface area contributed by atoms with Crippen molar-refractivity contribution in [2.75, 3.05) is 13.1 Å². The molecule has 0 atom stereocenters. The second kappa shape index (κ2) is 15.1. The van der Waals surface area contributed by atoms with E-state index in [-0.39, 0.29) is 18.8 Å². The summed E-state index contributed by atoms with van der Waals surface area (Å²) in [6.07, 6.45) is 2.27. The zero-order valence-corrected chi connectivity index (χ0v) is 21.1. The Hall–Kier alpha value is -4.14. The van der Waals surface area contributed by atoms with Crippen LogP contribution in [0.1, 0.15) is 47.5 Å². The van der Waals surface area contributed by atoms with Crippen LogP contribution in [0, 0.1) is 6.92 Å². The summed E-state index contributed by atoms with van der Waals surface area (Å²) in [6.45, 7) is 3.19. The maximum Gasteiger partial charge on any atom is 0.407 e. The molecule has 3 aromatic rings. The fraction of sp³-hybridized carbons (Fsp3) is 0.357. The summed E-state index contributed by atoms with van der Waals surface area (Å²) in [6, 6.07) is 19.0. The molecule has 0 saturated heterocycles. The van der Waals surface area contributed by atoms with Gasteiger partial charge in [-0.25, -0.2) is 9.59 Å². The number of aromatic amines is 1. The number of carbonyl (C=O) groups is 2. The quantitative estimate of drug-likeness (QED) is 0.299. The number of nitrogens with one attached hydrogen (secondary N) is 3. The van der Waals surface area contributed by atoms with Crippen LogP contribution in [0.15, 0.2) is 65.5 Å². The first-order valence-electron chi connectivity index (χ1n) is 12.5. The molecule has 2 amide bonds. The van der Waals surface area contributed by atoms with Gasteiger partial charge in [0.2, 0.25) is 0 Å². The number of aromatic nitrogens is 2. The Morgan fingerprint density at radius 3 is 1.89 bits per heavy atom. The van der Waals surface area contributed by atoms with E-state index in [0.29, 0.717) is 38.0 Å². The van der Waals surface area contributed by atoms with Gasteiger partial charge in [-0.2, -0.15) is 0 Å².